The predicted octanol–water partition coefficient (Wildman–Crippen LogP) is 0.309. The highest BCUT2D eigenvalue weighted by molar-refractivity contribution is 5.94. The van der Waals surface area contributed by atoms with Gasteiger partial charge in [-0.3, -0.25) is 0 Å². The van der Waals surface area contributed by atoms with Gasteiger partial charge in [-0.1, -0.05) is 6.08 Å². The van der Waals surface area contributed by atoms with Gasteiger partial charge >= 0.3 is 12.1 Å². The van der Waals surface area contributed by atoms with Gasteiger partial charge in [0.05, 0.1) is 6.54 Å². The topological polar surface area (TPSA) is 49.4 Å². The van der Waals surface area contributed by atoms with E-state index in [0.29, 0.717) is 0 Å². The lowest BCUT2D eigenvalue weighted by atomic mass is 10.5. The van der Waals surface area contributed by atoms with Gasteiger partial charge in [-0.2, -0.15) is 5.43 Å². The Morgan fingerprint density at radius 1 is 1.58 bits per heavy atom. The Hall–Kier alpha value is -1.36. The molecule has 0 bridgehead atoms. The van der Waals surface area contributed by atoms with E-state index in [0.717, 1.165) is 4.90 Å². The van der Waals surface area contributed by atoms with Crippen LogP contribution in [-0.4, -0.2) is 42.2 Å². The zero-order chi connectivity index (χ0) is 9.35. The Labute approximate surface area is 70.8 Å². The van der Waals surface area contributed by atoms with Crippen LogP contribution in [0.3, 0.4) is 0 Å². The summed E-state index contributed by atoms with van der Waals surface area (Å²) in [5, 5.41) is 0. The van der Waals surface area contributed by atoms with Gasteiger partial charge in [0.15, 0.2) is 0 Å². The molecule has 66 valence electrons. The SMILES string of the molecule is C=CCN1C(=O)N[N+](C)(C)C1=O. The highest BCUT2D eigenvalue weighted by Crippen LogP contribution is 2.10. The molecule has 0 unspecified atom stereocenters. The fraction of sp³-hybridized carbons (Fsp3) is 0.429. The Kier molecular flexibility index (Phi) is 1.89. The van der Waals surface area contributed by atoms with Crippen LogP contribution in [0.4, 0.5) is 9.59 Å². The van der Waals surface area contributed by atoms with E-state index in [1.165, 1.54) is 6.08 Å². The van der Waals surface area contributed by atoms with E-state index in [1.807, 2.05) is 0 Å². The van der Waals surface area contributed by atoms with E-state index >= 15 is 0 Å². The van der Waals surface area contributed by atoms with E-state index in [-0.39, 0.29) is 23.2 Å². The number of imide groups is 1. The number of rotatable bonds is 2. The van der Waals surface area contributed by atoms with Crippen molar-refractivity contribution in [1.29, 1.82) is 0 Å². The zero-order valence-electron chi connectivity index (χ0n) is 7.20. The first-order valence-electron chi connectivity index (χ1n) is 3.58. The number of quaternary nitrogens is 1. The van der Waals surface area contributed by atoms with Crippen LogP contribution in [-0.2, 0) is 0 Å². The minimum absolute atomic E-state index is 0.132. The molecule has 1 rings (SSSR count). The van der Waals surface area contributed by atoms with Gasteiger partial charge in [0.25, 0.3) is 0 Å². The number of nitrogens with zero attached hydrogens (tertiary/aromatic N) is 2. The maximum atomic E-state index is 11.4. The molecule has 1 saturated heterocycles. The van der Waals surface area contributed by atoms with Gasteiger partial charge in [-0.25, -0.2) is 14.5 Å². The summed E-state index contributed by atoms with van der Waals surface area (Å²) in [5.41, 5.74) is 2.50. The molecule has 12 heavy (non-hydrogen) atoms. The minimum Gasteiger partial charge on any atom is -0.243 e. The molecule has 0 aromatic heterocycles. The molecule has 0 spiro atoms. The second-order valence-corrected chi connectivity index (χ2v) is 3.05. The van der Waals surface area contributed by atoms with Crippen molar-refractivity contribution in [3.8, 4) is 0 Å². The van der Waals surface area contributed by atoms with Crippen molar-refractivity contribution in [2.75, 3.05) is 20.6 Å². The maximum Gasteiger partial charge on any atom is 0.451 e. The highest BCUT2D eigenvalue weighted by atomic mass is 16.2. The van der Waals surface area contributed by atoms with E-state index in [9.17, 15) is 9.59 Å². The van der Waals surface area contributed by atoms with Crippen LogP contribution >= 0.6 is 0 Å². The summed E-state index contributed by atoms with van der Waals surface area (Å²) < 4.78 is -0.132. The van der Waals surface area contributed by atoms with Crippen LogP contribution in [0.25, 0.3) is 0 Å². The molecule has 1 heterocycles. The summed E-state index contributed by atoms with van der Waals surface area (Å²) in [7, 11) is 3.23. The van der Waals surface area contributed by atoms with Crippen molar-refractivity contribution in [2.24, 2.45) is 0 Å². The molecule has 4 amide bonds. The summed E-state index contributed by atoms with van der Waals surface area (Å²) in [6.07, 6.45) is 1.52. The second kappa shape index (κ2) is 2.60. The van der Waals surface area contributed by atoms with Crippen molar-refractivity contribution < 1.29 is 14.2 Å². The Morgan fingerprint density at radius 3 is 2.50 bits per heavy atom. The summed E-state index contributed by atoms with van der Waals surface area (Å²) >= 11 is 0. The van der Waals surface area contributed by atoms with Gasteiger partial charge in [0, 0.05) is 0 Å². The molecule has 1 aliphatic heterocycles. The van der Waals surface area contributed by atoms with E-state index < -0.39 is 0 Å². The van der Waals surface area contributed by atoms with Gasteiger partial charge in [-0.15, -0.1) is 11.2 Å². The van der Waals surface area contributed by atoms with Crippen molar-refractivity contribution in [3.05, 3.63) is 12.7 Å². The first kappa shape index (κ1) is 8.73. The molecule has 0 atom stereocenters. The minimum atomic E-state index is -0.370. The summed E-state index contributed by atoms with van der Waals surface area (Å²) in [6.45, 7) is 3.72. The van der Waals surface area contributed by atoms with Crippen molar-refractivity contribution in [3.63, 3.8) is 0 Å². The summed E-state index contributed by atoms with van der Waals surface area (Å²) in [6, 6.07) is -0.634. The summed E-state index contributed by atoms with van der Waals surface area (Å²) in [5.74, 6) is 0. The fourth-order valence-corrected chi connectivity index (χ4v) is 1.03. The quantitative estimate of drug-likeness (QED) is 0.479. The van der Waals surface area contributed by atoms with Crippen LogP contribution in [0, 0.1) is 0 Å². The van der Waals surface area contributed by atoms with Crippen molar-refractivity contribution in [2.45, 2.75) is 0 Å². The third-order valence-corrected chi connectivity index (χ3v) is 1.64. The van der Waals surface area contributed by atoms with Gasteiger partial charge in [-0.05, 0) is 0 Å². The smallest absolute Gasteiger partial charge is 0.243 e. The third kappa shape index (κ3) is 1.18. The van der Waals surface area contributed by atoms with Crippen LogP contribution in [0.15, 0.2) is 12.7 Å². The molecule has 0 radical (unpaired) electrons. The Bertz CT molecular complexity index is 247. The first-order chi connectivity index (χ1) is 5.49. The molecular formula is C7H12N3O2+. The molecule has 0 saturated carbocycles. The number of hydrogen-bond donors (Lipinski definition) is 1. The number of amides is 4. The molecule has 0 aromatic carbocycles. The van der Waals surface area contributed by atoms with Gasteiger partial charge < -0.3 is 0 Å². The predicted molar refractivity (Wildman–Crippen MR) is 42.9 cm³/mol. The average molecular weight is 170 g/mol. The van der Waals surface area contributed by atoms with Crippen LogP contribution in [0.1, 0.15) is 0 Å². The van der Waals surface area contributed by atoms with Crippen LogP contribution < -0.4 is 5.43 Å². The lowest BCUT2D eigenvalue weighted by molar-refractivity contribution is -0.840. The molecule has 1 fully saturated rings. The molecular weight excluding hydrogens is 158 g/mol. The molecule has 0 aliphatic carbocycles. The molecule has 0 aromatic rings. The van der Waals surface area contributed by atoms with Gasteiger partial charge in [0.1, 0.15) is 14.1 Å². The number of urea groups is 2. The normalized spacial score (nSPS) is 21.0. The fourth-order valence-electron chi connectivity index (χ4n) is 1.03. The molecule has 1 N–H and O–H groups in total. The molecule has 1 aliphatic rings. The molecule has 5 heteroatoms. The number of carbonyl (C=O) groups is 2. The maximum absolute atomic E-state index is 11.4. The largest absolute Gasteiger partial charge is 0.451 e. The van der Waals surface area contributed by atoms with Crippen LogP contribution in [0.2, 0.25) is 0 Å². The standard InChI is InChI=1S/C7H11N3O2/c1-4-5-9-6(11)8-10(2,3)7(9)12/h4H,1,5H2,2-3H3/p+1. The molecule has 5 nitrogen and oxygen atoms in total. The number of hydrogen-bond acceptors (Lipinski definition) is 2. The monoisotopic (exact) mass is 170 g/mol. The van der Waals surface area contributed by atoms with Crippen molar-refractivity contribution in [1.82, 2.24) is 10.3 Å². The Balaban J connectivity index is 2.85. The van der Waals surface area contributed by atoms with Crippen LogP contribution in [0.5, 0.6) is 0 Å². The second-order valence-electron chi connectivity index (χ2n) is 3.05. The average Bonchev–Trinajstić information content (AvgIpc) is 2.13. The van der Waals surface area contributed by atoms with E-state index in [2.05, 4.69) is 12.0 Å². The number of nitrogens with one attached hydrogen (secondary N) is 1. The van der Waals surface area contributed by atoms with E-state index in [4.69, 9.17) is 0 Å². The zero-order valence-corrected chi connectivity index (χ0v) is 7.20. The highest BCUT2D eigenvalue weighted by Gasteiger charge is 2.45. The Morgan fingerprint density at radius 2 is 2.17 bits per heavy atom. The lowest BCUT2D eigenvalue weighted by Crippen LogP contribution is -2.49. The van der Waals surface area contributed by atoms with Gasteiger partial charge in [0.2, 0.25) is 0 Å². The first-order valence-corrected chi connectivity index (χ1v) is 3.58. The van der Waals surface area contributed by atoms with Crippen molar-refractivity contribution >= 4 is 12.1 Å². The third-order valence-electron chi connectivity index (χ3n) is 1.64. The summed E-state index contributed by atoms with van der Waals surface area (Å²) in [4.78, 5) is 23.6. The number of carbonyl (C=O) groups excluding carboxylic acids is 2. The lowest BCUT2D eigenvalue weighted by Gasteiger charge is -2.15. The van der Waals surface area contributed by atoms with E-state index in [1.54, 1.807) is 14.1 Å².